The van der Waals surface area contributed by atoms with Gasteiger partial charge in [-0.15, -0.1) is 0 Å². The van der Waals surface area contributed by atoms with E-state index in [1.807, 2.05) is 31.2 Å². The molecule has 2 aromatic carbocycles. The summed E-state index contributed by atoms with van der Waals surface area (Å²) in [4.78, 5) is 0. The van der Waals surface area contributed by atoms with Crippen LogP contribution in [0.25, 0.3) is 0 Å². The second-order valence-electron chi connectivity index (χ2n) is 5.62. The maximum atomic E-state index is 6.16. The van der Waals surface area contributed by atoms with E-state index >= 15 is 0 Å². The molecule has 0 amide bonds. The lowest BCUT2D eigenvalue weighted by atomic mass is 10.0. The van der Waals surface area contributed by atoms with Crippen molar-refractivity contribution in [1.29, 1.82) is 0 Å². The van der Waals surface area contributed by atoms with E-state index in [0.29, 0.717) is 6.61 Å². The molecule has 3 heteroatoms. The molecule has 2 N–H and O–H groups in total. The highest BCUT2D eigenvalue weighted by Gasteiger charge is 2.09. The second kappa shape index (κ2) is 6.97. The van der Waals surface area contributed by atoms with Gasteiger partial charge in [0.15, 0.2) is 0 Å². The third-order valence-corrected chi connectivity index (χ3v) is 3.78. The van der Waals surface area contributed by atoms with E-state index in [-0.39, 0.29) is 6.04 Å². The minimum Gasteiger partial charge on any atom is -0.488 e. The topological polar surface area (TPSA) is 35.2 Å². The third kappa shape index (κ3) is 4.23. The van der Waals surface area contributed by atoms with Crippen molar-refractivity contribution >= 4 is 11.6 Å². The van der Waals surface area contributed by atoms with Gasteiger partial charge in [0.2, 0.25) is 0 Å². The Bertz CT molecular complexity index is 599. The number of hydrogen-bond acceptors (Lipinski definition) is 2. The average Bonchev–Trinajstić information content (AvgIpc) is 2.39. The number of aryl methyl sites for hydroxylation is 2. The maximum absolute atomic E-state index is 6.16. The van der Waals surface area contributed by atoms with Crippen molar-refractivity contribution in [3.8, 4) is 5.75 Å². The van der Waals surface area contributed by atoms with Crippen LogP contribution in [-0.4, -0.2) is 6.04 Å². The van der Waals surface area contributed by atoms with Crippen LogP contribution in [0.2, 0.25) is 5.02 Å². The quantitative estimate of drug-likeness (QED) is 0.887. The van der Waals surface area contributed by atoms with Gasteiger partial charge in [-0.05, 0) is 49.9 Å². The molecular weight excluding hydrogens is 282 g/mol. The van der Waals surface area contributed by atoms with E-state index < -0.39 is 0 Å². The molecule has 0 spiro atoms. The van der Waals surface area contributed by atoms with E-state index in [4.69, 9.17) is 22.1 Å². The van der Waals surface area contributed by atoms with Gasteiger partial charge in [-0.3, -0.25) is 0 Å². The highest BCUT2D eigenvalue weighted by Crippen LogP contribution is 2.27. The molecule has 2 rings (SSSR count). The van der Waals surface area contributed by atoms with Gasteiger partial charge in [0.25, 0.3) is 0 Å². The zero-order valence-electron chi connectivity index (χ0n) is 12.8. The molecule has 0 bridgehead atoms. The van der Waals surface area contributed by atoms with Gasteiger partial charge in [-0.2, -0.15) is 0 Å². The fraction of sp³-hybridized carbons (Fsp3) is 0.333. The summed E-state index contributed by atoms with van der Waals surface area (Å²) in [5.74, 6) is 0.934. The van der Waals surface area contributed by atoms with Crippen molar-refractivity contribution in [3.05, 3.63) is 63.7 Å². The Morgan fingerprint density at radius 2 is 1.76 bits per heavy atom. The summed E-state index contributed by atoms with van der Waals surface area (Å²) in [6, 6.07) is 12.2. The zero-order chi connectivity index (χ0) is 15.4. The van der Waals surface area contributed by atoms with Gasteiger partial charge >= 0.3 is 0 Å². The van der Waals surface area contributed by atoms with Crippen molar-refractivity contribution in [2.24, 2.45) is 5.73 Å². The average molecular weight is 304 g/mol. The molecule has 0 aromatic heterocycles. The first-order chi connectivity index (χ1) is 9.97. The summed E-state index contributed by atoms with van der Waals surface area (Å²) in [5, 5.41) is 0.737. The monoisotopic (exact) mass is 303 g/mol. The van der Waals surface area contributed by atoms with Gasteiger partial charge < -0.3 is 10.5 Å². The number of hydrogen-bond donors (Lipinski definition) is 1. The Balaban J connectivity index is 2.15. The Labute approximate surface area is 131 Å². The smallest absolute Gasteiger partial charge is 0.125 e. The van der Waals surface area contributed by atoms with Gasteiger partial charge in [0.1, 0.15) is 12.4 Å². The second-order valence-corrected chi connectivity index (χ2v) is 6.03. The molecule has 0 saturated carbocycles. The molecule has 21 heavy (non-hydrogen) atoms. The van der Waals surface area contributed by atoms with Crippen LogP contribution < -0.4 is 10.5 Å². The molecule has 112 valence electrons. The minimum atomic E-state index is 0.165. The lowest BCUT2D eigenvalue weighted by molar-refractivity contribution is 0.302. The summed E-state index contributed by atoms with van der Waals surface area (Å²) in [5.41, 5.74) is 10.4. The van der Waals surface area contributed by atoms with E-state index in [0.717, 1.165) is 33.9 Å². The van der Waals surface area contributed by atoms with Gasteiger partial charge in [0.05, 0.1) is 0 Å². The third-order valence-electron chi connectivity index (χ3n) is 3.41. The Hall–Kier alpha value is -1.51. The van der Waals surface area contributed by atoms with Crippen LogP contribution in [0, 0.1) is 13.8 Å². The molecule has 0 radical (unpaired) electrons. The van der Waals surface area contributed by atoms with Crippen LogP contribution in [0.15, 0.2) is 36.4 Å². The molecule has 0 saturated heterocycles. The van der Waals surface area contributed by atoms with Crippen molar-refractivity contribution in [3.63, 3.8) is 0 Å². The summed E-state index contributed by atoms with van der Waals surface area (Å²) < 4.78 is 5.98. The van der Waals surface area contributed by atoms with Crippen LogP contribution in [0.5, 0.6) is 5.75 Å². The van der Waals surface area contributed by atoms with Crippen molar-refractivity contribution in [2.75, 3.05) is 0 Å². The van der Waals surface area contributed by atoms with E-state index in [1.165, 1.54) is 5.56 Å². The fourth-order valence-corrected chi connectivity index (χ4v) is 2.71. The van der Waals surface area contributed by atoms with Crippen molar-refractivity contribution in [1.82, 2.24) is 0 Å². The number of benzene rings is 2. The van der Waals surface area contributed by atoms with Crippen LogP contribution in [-0.2, 0) is 13.0 Å². The fourth-order valence-electron chi connectivity index (χ4n) is 2.52. The van der Waals surface area contributed by atoms with Crippen LogP contribution >= 0.6 is 11.6 Å². The normalized spacial score (nSPS) is 12.2. The van der Waals surface area contributed by atoms with Gasteiger partial charge in [0, 0.05) is 16.6 Å². The molecule has 1 unspecified atom stereocenters. The first kappa shape index (κ1) is 15.9. The first-order valence-corrected chi connectivity index (χ1v) is 7.57. The van der Waals surface area contributed by atoms with Crippen LogP contribution in [0.3, 0.4) is 0 Å². The van der Waals surface area contributed by atoms with Gasteiger partial charge in [-0.25, -0.2) is 0 Å². The molecule has 0 fully saturated rings. The van der Waals surface area contributed by atoms with Crippen LogP contribution in [0.1, 0.15) is 29.2 Å². The summed E-state index contributed by atoms with van der Waals surface area (Å²) in [6.45, 7) is 6.64. The van der Waals surface area contributed by atoms with Crippen molar-refractivity contribution in [2.45, 2.75) is 39.8 Å². The first-order valence-electron chi connectivity index (χ1n) is 7.19. The molecule has 2 nitrogen and oxygen atoms in total. The minimum absolute atomic E-state index is 0.165. The van der Waals surface area contributed by atoms with E-state index in [9.17, 15) is 0 Å². The summed E-state index contributed by atoms with van der Waals surface area (Å²) >= 11 is 6.16. The number of halogens is 1. The molecule has 1 atom stereocenters. The number of ether oxygens (including phenoxy) is 1. The molecular formula is C18H22ClNO. The lowest BCUT2D eigenvalue weighted by Gasteiger charge is -2.15. The Morgan fingerprint density at radius 3 is 2.33 bits per heavy atom. The highest BCUT2D eigenvalue weighted by molar-refractivity contribution is 6.31. The molecule has 0 aliphatic rings. The predicted octanol–water partition coefficient (Wildman–Crippen LogP) is 4.43. The van der Waals surface area contributed by atoms with E-state index in [1.54, 1.807) is 0 Å². The standard InChI is InChI=1S/C18H22ClNO/c1-12-8-15(10-14(3)20)9-13(2)18(12)21-11-16-6-4-5-7-17(16)19/h4-9,14H,10-11,20H2,1-3H3. The number of nitrogens with two attached hydrogens (primary N) is 1. The zero-order valence-corrected chi connectivity index (χ0v) is 13.6. The largest absolute Gasteiger partial charge is 0.488 e. The SMILES string of the molecule is Cc1cc(CC(C)N)cc(C)c1OCc1ccccc1Cl. The Kier molecular flexibility index (Phi) is 5.27. The van der Waals surface area contributed by atoms with Gasteiger partial charge in [-0.1, -0.05) is 41.9 Å². The van der Waals surface area contributed by atoms with E-state index in [2.05, 4.69) is 26.0 Å². The number of rotatable bonds is 5. The Morgan fingerprint density at radius 1 is 1.14 bits per heavy atom. The molecule has 0 aliphatic carbocycles. The molecule has 2 aromatic rings. The maximum Gasteiger partial charge on any atom is 0.125 e. The van der Waals surface area contributed by atoms with Crippen molar-refractivity contribution < 1.29 is 4.74 Å². The predicted molar refractivity (Wildman–Crippen MR) is 89.1 cm³/mol. The highest BCUT2D eigenvalue weighted by atomic mass is 35.5. The molecule has 0 heterocycles. The summed E-state index contributed by atoms with van der Waals surface area (Å²) in [7, 11) is 0. The lowest BCUT2D eigenvalue weighted by Crippen LogP contribution is -2.18. The summed E-state index contributed by atoms with van der Waals surface area (Å²) in [6.07, 6.45) is 0.881. The molecule has 0 aliphatic heterocycles. The van der Waals surface area contributed by atoms with Crippen LogP contribution in [0.4, 0.5) is 0 Å².